The normalized spacial score (nSPS) is 12.4. The van der Waals surface area contributed by atoms with Gasteiger partial charge in [0.1, 0.15) is 6.04 Å². The molecule has 0 spiro atoms. The molecule has 6 heteroatoms. The van der Waals surface area contributed by atoms with Crippen LogP contribution in [0.4, 0.5) is 0 Å². The van der Waals surface area contributed by atoms with Crippen LogP contribution in [-0.4, -0.2) is 28.3 Å². The van der Waals surface area contributed by atoms with Crippen molar-refractivity contribution in [3.63, 3.8) is 0 Å². The van der Waals surface area contributed by atoms with Crippen molar-refractivity contribution in [2.24, 2.45) is 0 Å². The van der Waals surface area contributed by atoms with Gasteiger partial charge < -0.3 is 10.2 Å². The lowest BCUT2D eigenvalue weighted by molar-refractivity contribution is -0.140. The quantitative estimate of drug-likeness (QED) is 0.724. The first-order chi connectivity index (χ1) is 13.1. The molecule has 0 aromatic heterocycles. The molecule has 0 aliphatic carbocycles. The molecule has 1 atom stereocenters. The first-order valence-corrected chi connectivity index (χ1v) is 9.92. The molecule has 0 fully saturated rings. The third-order valence-electron chi connectivity index (χ3n) is 4.25. The van der Waals surface area contributed by atoms with E-state index in [1.54, 1.807) is 25.1 Å². The van der Waals surface area contributed by atoms with Gasteiger partial charge in [-0.2, -0.15) is 0 Å². The van der Waals surface area contributed by atoms with Crippen LogP contribution in [0, 0.1) is 0 Å². The maximum atomic E-state index is 13.1. The largest absolute Gasteiger partial charge is 0.350 e. The molecule has 4 nitrogen and oxygen atoms in total. The van der Waals surface area contributed by atoms with Crippen LogP contribution >= 0.6 is 23.2 Å². The lowest BCUT2D eigenvalue weighted by Gasteiger charge is -2.32. The molecule has 0 radical (unpaired) electrons. The summed E-state index contributed by atoms with van der Waals surface area (Å²) in [7, 11) is 0. The molecular weight excluding hydrogens is 395 g/mol. The Kier molecular flexibility index (Phi) is 7.50. The fourth-order valence-corrected chi connectivity index (χ4v) is 3.30. The number of rotatable bonds is 6. The smallest absolute Gasteiger partial charge is 0.242 e. The summed E-state index contributed by atoms with van der Waals surface area (Å²) < 4.78 is 0. The fraction of sp³-hybridized carbons (Fsp3) is 0.364. The van der Waals surface area contributed by atoms with E-state index in [0.29, 0.717) is 15.6 Å². The van der Waals surface area contributed by atoms with E-state index < -0.39 is 11.6 Å². The van der Waals surface area contributed by atoms with Gasteiger partial charge in [0.25, 0.3) is 0 Å². The summed E-state index contributed by atoms with van der Waals surface area (Å²) in [6, 6.07) is 14.0. The third-order valence-corrected chi connectivity index (χ3v) is 4.96. The minimum Gasteiger partial charge on any atom is -0.350 e. The number of carbonyl (C=O) groups excluding carboxylic acids is 2. The molecule has 150 valence electrons. The van der Waals surface area contributed by atoms with Crippen molar-refractivity contribution in [1.29, 1.82) is 0 Å². The number of carbonyl (C=O) groups is 2. The number of amides is 2. The maximum Gasteiger partial charge on any atom is 0.242 e. The Balaban J connectivity index is 2.31. The molecule has 0 saturated heterocycles. The van der Waals surface area contributed by atoms with E-state index in [9.17, 15) is 9.59 Å². The van der Waals surface area contributed by atoms with Gasteiger partial charge in [-0.3, -0.25) is 9.59 Å². The van der Waals surface area contributed by atoms with Crippen LogP contribution in [-0.2, 0) is 22.6 Å². The Morgan fingerprint density at radius 2 is 1.57 bits per heavy atom. The van der Waals surface area contributed by atoms with Crippen LogP contribution in [0.15, 0.2) is 48.5 Å². The Bertz CT molecular complexity index is 812. The summed E-state index contributed by atoms with van der Waals surface area (Å²) >= 11 is 12.6. The van der Waals surface area contributed by atoms with E-state index in [2.05, 4.69) is 5.32 Å². The first-order valence-electron chi connectivity index (χ1n) is 9.17. The van der Waals surface area contributed by atoms with Gasteiger partial charge in [0.05, 0.1) is 6.42 Å². The summed E-state index contributed by atoms with van der Waals surface area (Å²) in [5, 5.41) is 3.87. The summed E-state index contributed by atoms with van der Waals surface area (Å²) in [6.45, 7) is 7.58. The zero-order valence-corrected chi connectivity index (χ0v) is 18.1. The lowest BCUT2D eigenvalue weighted by Crippen LogP contribution is -2.52. The average molecular weight is 421 g/mol. The van der Waals surface area contributed by atoms with E-state index in [4.69, 9.17) is 23.2 Å². The van der Waals surface area contributed by atoms with Gasteiger partial charge >= 0.3 is 0 Å². The van der Waals surface area contributed by atoms with Crippen LogP contribution < -0.4 is 5.32 Å². The van der Waals surface area contributed by atoms with Crippen molar-refractivity contribution < 1.29 is 9.59 Å². The van der Waals surface area contributed by atoms with Crippen LogP contribution in [0.2, 0.25) is 10.0 Å². The molecule has 1 unspecified atom stereocenters. The molecule has 2 aromatic rings. The van der Waals surface area contributed by atoms with Gasteiger partial charge in [0, 0.05) is 27.7 Å². The monoisotopic (exact) mass is 420 g/mol. The minimum atomic E-state index is -0.678. The summed E-state index contributed by atoms with van der Waals surface area (Å²) in [5.74, 6) is -0.393. The molecule has 2 aromatic carbocycles. The third kappa shape index (κ3) is 6.25. The summed E-state index contributed by atoms with van der Waals surface area (Å²) in [5.41, 5.74) is 1.11. The Morgan fingerprint density at radius 1 is 1.00 bits per heavy atom. The number of nitrogens with one attached hydrogen (secondary N) is 1. The van der Waals surface area contributed by atoms with E-state index in [1.165, 1.54) is 4.90 Å². The van der Waals surface area contributed by atoms with Crippen molar-refractivity contribution in [1.82, 2.24) is 10.2 Å². The van der Waals surface area contributed by atoms with Gasteiger partial charge in [-0.25, -0.2) is 0 Å². The highest BCUT2D eigenvalue weighted by Crippen LogP contribution is 2.27. The summed E-state index contributed by atoms with van der Waals surface area (Å²) in [4.78, 5) is 27.4. The maximum absolute atomic E-state index is 13.1. The van der Waals surface area contributed by atoms with Crippen molar-refractivity contribution in [2.75, 3.05) is 0 Å². The van der Waals surface area contributed by atoms with Gasteiger partial charge in [-0.15, -0.1) is 0 Å². The summed E-state index contributed by atoms with van der Waals surface area (Å²) in [6.07, 6.45) is 0.191. The molecular formula is C22H26Cl2N2O2. The van der Waals surface area contributed by atoms with Crippen molar-refractivity contribution in [2.45, 2.75) is 52.2 Å². The van der Waals surface area contributed by atoms with E-state index in [-0.39, 0.29) is 24.8 Å². The van der Waals surface area contributed by atoms with Gasteiger partial charge in [-0.1, -0.05) is 59.6 Å². The molecule has 0 saturated carbocycles. The van der Waals surface area contributed by atoms with Crippen LogP contribution in [0.5, 0.6) is 0 Å². The number of hydrogen-bond acceptors (Lipinski definition) is 2. The zero-order chi connectivity index (χ0) is 20.9. The topological polar surface area (TPSA) is 49.4 Å². The van der Waals surface area contributed by atoms with Gasteiger partial charge in [0.2, 0.25) is 11.8 Å². The van der Waals surface area contributed by atoms with E-state index >= 15 is 0 Å². The second-order valence-corrected chi connectivity index (χ2v) is 8.61. The SMILES string of the molecule is CC(C(=O)NC(C)(C)C)N(Cc1c(Cl)cccc1Cl)C(=O)Cc1ccccc1. The van der Waals surface area contributed by atoms with Crippen LogP contribution in [0.3, 0.4) is 0 Å². The van der Waals surface area contributed by atoms with Crippen molar-refractivity contribution in [3.05, 3.63) is 69.7 Å². The van der Waals surface area contributed by atoms with E-state index in [1.807, 2.05) is 51.1 Å². The van der Waals surface area contributed by atoms with Gasteiger partial charge in [0.15, 0.2) is 0 Å². The van der Waals surface area contributed by atoms with E-state index in [0.717, 1.165) is 5.56 Å². The molecule has 2 rings (SSSR count). The predicted molar refractivity (Wildman–Crippen MR) is 115 cm³/mol. The molecule has 2 amide bonds. The van der Waals surface area contributed by atoms with Crippen LogP contribution in [0.1, 0.15) is 38.8 Å². The number of halogens is 2. The molecule has 0 aliphatic rings. The molecule has 0 heterocycles. The highest BCUT2D eigenvalue weighted by atomic mass is 35.5. The molecule has 0 bridgehead atoms. The average Bonchev–Trinajstić information content (AvgIpc) is 2.60. The predicted octanol–water partition coefficient (Wildman–Crippen LogP) is 4.87. The Labute approximate surface area is 176 Å². The molecule has 1 N–H and O–H groups in total. The van der Waals surface area contributed by atoms with Crippen molar-refractivity contribution >= 4 is 35.0 Å². The standard InChI is InChI=1S/C22H26Cl2N2O2/c1-15(21(28)25-22(2,3)4)26(14-17-18(23)11-8-12-19(17)24)20(27)13-16-9-6-5-7-10-16/h5-12,15H,13-14H2,1-4H3,(H,25,28). The highest BCUT2D eigenvalue weighted by molar-refractivity contribution is 6.36. The lowest BCUT2D eigenvalue weighted by atomic mass is 10.1. The second-order valence-electron chi connectivity index (χ2n) is 7.80. The fourth-order valence-electron chi connectivity index (χ4n) is 2.78. The highest BCUT2D eigenvalue weighted by Gasteiger charge is 2.29. The number of hydrogen-bond donors (Lipinski definition) is 1. The Morgan fingerprint density at radius 3 is 2.11 bits per heavy atom. The van der Waals surface area contributed by atoms with Crippen LogP contribution in [0.25, 0.3) is 0 Å². The first kappa shape index (κ1) is 22.3. The zero-order valence-electron chi connectivity index (χ0n) is 16.6. The molecule has 0 aliphatic heterocycles. The minimum absolute atomic E-state index is 0.156. The van der Waals surface area contributed by atoms with Crippen molar-refractivity contribution in [3.8, 4) is 0 Å². The number of nitrogens with zero attached hydrogens (tertiary/aromatic N) is 1. The molecule has 28 heavy (non-hydrogen) atoms. The second kappa shape index (κ2) is 9.44. The van der Waals surface area contributed by atoms with Gasteiger partial charge in [-0.05, 0) is 45.4 Å². The Hall–Kier alpha value is -2.04. The number of benzene rings is 2.